The van der Waals surface area contributed by atoms with Crippen LogP contribution in [0.25, 0.3) is 22.7 Å². The Labute approximate surface area is 174 Å². The molecule has 0 fully saturated rings. The number of pyridine rings is 2. The maximum absolute atomic E-state index is 6.53. The number of fused-ring (bicyclic) bond motifs is 6. The summed E-state index contributed by atoms with van der Waals surface area (Å²) in [4.78, 5) is 14.2. The maximum Gasteiger partial charge on any atom is 0.0969 e. The number of aromatic nitrogens is 2. The summed E-state index contributed by atoms with van der Waals surface area (Å²) in [5.74, 6) is 0. The third-order valence-electron chi connectivity index (χ3n) is 5.55. The van der Waals surface area contributed by atoms with E-state index in [0.29, 0.717) is 11.4 Å². The Bertz CT molecular complexity index is 1310. The molecule has 1 aliphatic carbocycles. The molecule has 1 unspecified atom stereocenters. The topological polar surface area (TPSA) is 102 Å². The first-order valence-electron chi connectivity index (χ1n) is 9.91. The minimum absolute atomic E-state index is 0.162. The number of aliphatic imine (C=N–C) groups is 1. The summed E-state index contributed by atoms with van der Waals surface area (Å²) in [6.45, 7) is 3.93. The van der Waals surface area contributed by atoms with Crippen LogP contribution in [0, 0.1) is 0 Å². The molecular weight excluding hydrogens is 372 g/mol. The van der Waals surface area contributed by atoms with Crippen molar-refractivity contribution in [1.29, 1.82) is 0 Å². The second-order valence-electron chi connectivity index (χ2n) is 7.29. The lowest BCUT2D eigenvalue weighted by molar-refractivity contribution is 0.973. The summed E-state index contributed by atoms with van der Waals surface area (Å²) < 4.78 is 0. The third-order valence-corrected chi connectivity index (χ3v) is 5.55. The van der Waals surface area contributed by atoms with Crippen LogP contribution < -0.4 is 16.8 Å². The van der Waals surface area contributed by atoms with E-state index in [1.54, 1.807) is 12.4 Å². The molecular formula is C24H22N6. The van der Waals surface area contributed by atoms with Gasteiger partial charge in [-0.3, -0.25) is 9.97 Å². The van der Waals surface area contributed by atoms with Crippen molar-refractivity contribution < 1.29 is 0 Å². The van der Waals surface area contributed by atoms with Crippen LogP contribution in [-0.4, -0.2) is 15.7 Å². The zero-order valence-corrected chi connectivity index (χ0v) is 16.8. The second kappa shape index (κ2) is 6.84. The normalized spacial score (nSPS) is 17.7. The van der Waals surface area contributed by atoms with Gasteiger partial charge in [0.1, 0.15) is 0 Å². The van der Waals surface area contributed by atoms with Crippen molar-refractivity contribution in [1.82, 2.24) is 9.97 Å². The summed E-state index contributed by atoms with van der Waals surface area (Å²) in [6, 6.07) is 7.75. The van der Waals surface area contributed by atoms with Crippen molar-refractivity contribution in [3.8, 4) is 0 Å². The van der Waals surface area contributed by atoms with Crippen LogP contribution in [0.2, 0.25) is 0 Å². The smallest absolute Gasteiger partial charge is 0.0969 e. The first-order chi connectivity index (χ1) is 14.7. The summed E-state index contributed by atoms with van der Waals surface area (Å²) >= 11 is 0. The molecule has 1 atom stereocenters. The van der Waals surface area contributed by atoms with Crippen LogP contribution in [0.4, 0.5) is 17.1 Å². The molecule has 0 bridgehead atoms. The lowest BCUT2D eigenvalue weighted by Crippen LogP contribution is -2.32. The van der Waals surface area contributed by atoms with Crippen LogP contribution in [0.15, 0.2) is 65.5 Å². The largest absolute Gasteiger partial charge is 0.396 e. The highest BCUT2D eigenvalue weighted by atomic mass is 15.0. The van der Waals surface area contributed by atoms with E-state index in [9.17, 15) is 0 Å². The SMILES string of the molecule is C/C=C\C1=C(N)c2ncccc2C2Nc3c(c(/C=C\C)c(N)c4ncccc34)N=C12. The van der Waals surface area contributed by atoms with Gasteiger partial charge in [0.15, 0.2) is 0 Å². The Morgan fingerprint density at radius 1 is 1.00 bits per heavy atom. The molecule has 0 saturated carbocycles. The molecule has 0 amide bonds. The second-order valence-corrected chi connectivity index (χ2v) is 7.29. The van der Waals surface area contributed by atoms with Crippen molar-refractivity contribution >= 4 is 45.4 Å². The zero-order chi connectivity index (χ0) is 20.8. The molecule has 3 heterocycles. The summed E-state index contributed by atoms with van der Waals surface area (Å²) in [6.07, 6.45) is 11.4. The van der Waals surface area contributed by atoms with Gasteiger partial charge in [0.2, 0.25) is 0 Å². The molecule has 2 aromatic heterocycles. The van der Waals surface area contributed by atoms with E-state index in [0.717, 1.165) is 50.4 Å². The minimum atomic E-state index is -0.162. The van der Waals surface area contributed by atoms with Crippen molar-refractivity contribution in [3.63, 3.8) is 0 Å². The van der Waals surface area contributed by atoms with Gasteiger partial charge in [-0.05, 0) is 32.0 Å². The van der Waals surface area contributed by atoms with E-state index in [-0.39, 0.29) is 6.04 Å². The van der Waals surface area contributed by atoms with E-state index in [2.05, 4.69) is 15.3 Å². The van der Waals surface area contributed by atoms with Crippen LogP contribution in [0.1, 0.15) is 36.7 Å². The average Bonchev–Trinajstić information content (AvgIpc) is 2.78. The summed E-state index contributed by atoms with van der Waals surface area (Å²) in [5.41, 5.74) is 21.2. The molecule has 2 aliphatic rings. The number of hydrogen-bond donors (Lipinski definition) is 3. The average molecular weight is 394 g/mol. The Kier molecular flexibility index (Phi) is 4.13. The van der Waals surface area contributed by atoms with Gasteiger partial charge in [-0.15, -0.1) is 0 Å². The molecule has 5 N–H and O–H groups in total. The van der Waals surface area contributed by atoms with Crippen LogP contribution in [0.3, 0.4) is 0 Å². The maximum atomic E-state index is 6.53. The molecule has 0 saturated heterocycles. The molecule has 6 nitrogen and oxygen atoms in total. The zero-order valence-electron chi connectivity index (χ0n) is 16.8. The molecule has 1 aliphatic heterocycles. The number of nitrogens with one attached hydrogen (secondary N) is 1. The van der Waals surface area contributed by atoms with Crippen molar-refractivity contribution in [2.45, 2.75) is 19.9 Å². The number of benzene rings is 1. The molecule has 6 heteroatoms. The lowest BCUT2D eigenvalue weighted by atomic mass is 9.84. The molecule has 0 spiro atoms. The summed E-state index contributed by atoms with van der Waals surface area (Å²) in [5, 5.41) is 4.66. The molecule has 0 radical (unpaired) electrons. The molecule has 3 aromatic rings. The molecule has 148 valence electrons. The van der Waals surface area contributed by atoms with Crippen LogP contribution in [-0.2, 0) is 0 Å². The fraction of sp³-hybridized carbons (Fsp3) is 0.125. The predicted octanol–water partition coefficient (Wildman–Crippen LogP) is 4.74. The number of anilines is 2. The van der Waals surface area contributed by atoms with E-state index >= 15 is 0 Å². The third kappa shape index (κ3) is 2.47. The fourth-order valence-corrected chi connectivity index (χ4v) is 4.26. The van der Waals surface area contributed by atoms with Gasteiger partial charge in [0.25, 0.3) is 0 Å². The Morgan fingerprint density at radius 2 is 1.77 bits per heavy atom. The van der Waals surface area contributed by atoms with Gasteiger partial charge in [-0.25, -0.2) is 4.99 Å². The van der Waals surface area contributed by atoms with Gasteiger partial charge in [-0.2, -0.15) is 0 Å². The highest BCUT2D eigenvalue weighted by Crippen LogP contribution is 2.48. The van der Waals surface area contributed by atoms with Gasteiger partial charge in [-0.1, -0.05) is 30.4 Å². The number of nitrogen functional groups attached to an aromatic ring is 1. The Balaban J connectivity index is 1.89. The van der Waals surface area contributed by atoms with E-state index < -0.39 is 0 Å². The number of nitrogens with two attached hydrogens (primary N) is 2. The fourth-order valence-electron chi connectivity index (χ4n) is 4.26. The first-order valence-corrected chi connectivity index (χ1v) is 9.91. The molecule has 30 heavy (non-hydrogen) atoms. The predicted molar refractivity (Wildman–Crippen MR) is 124 cm³/mol. The molecule has 5 rings (SSSR count). The van der Waals surface area contributed by atoms with Crippen molar-refractivity contribution in [2.24, 2.45) is 10.7 Å². The van der Waals surface area contributed by atoms with Gasteiger partial charge < -0.3 is 16.8 Å². The monoisotopic (exact) mass is 394 g/mol. The van der Waals surface area contributed by atoms with Crippen molar-refractivity contribution in [2.75, 3.05) is 11.1 Å². The van der Waals surface area contributed by atoms with E-state index in [1.807, 2.05) is 62.4 Å². The van der Waals surface area contributed by atoms with Gasteiger partial charge in [0.05, 0.1) is 45.7 Å². The van der Waals surface area contributed by atoms with Crippen molar-refractivity contribution in [3.05, 3.63) is 77.3 Å². The highest BCUT2D eigenvalue weighted by Gasteiger charge is 2.35. The van der Waals surface area contributed by atoms with Gasteiger partial charge >= 0.3 is 0 Å². The first kappa shape index (κ1) is 18.1. The minimum Gasteiger partial charge on any atom is -0.396 e. The number of rotatable bonds is 2. The van der Waals surface area contributed by atoms with E-state index in [1.165, 1.54) is 0 Å². The number of nitrogens with zero attached hydrogens (tertiary/aromatic N) is 3. The van der Waals surface area contributed by atoms with Crippen LogP contribution >= 0.6 is 0 Å². The number of allylic oxidation sites excluding steroid dienone is 3. The Hall–Kier alpha value is -3.93. The standard InChI is InChI=1S/C24H22N6/c1-3-7-13-17(25)19-15(9-5-11-27-19)23-21(13)29-22-14(8-4-2)18(26)20-16(24(22)30-23)10-6-12-28-20/h3-12,23,30H,25-26H2,1-2H3/b7-3-,8-4-. The van der Waals surface area contributed by atoms with E-state index in [4.69, 9.17) is 16.5 Å². The lowest BCUT2D eigenvalue weighted by Gasteiger charge is -2.34. The molecule has 1 aromatic carbocycles. The van der Waals surface area contributed by atoms with Gasteiger partial charge in [0, 0.05) is 34.5 Å². The van der Waals surface area contributed by atoms with Crippen LogP contribution in [0.5, 0.6) is 0 Å². The number of hydrogen-bond acceptors (Lipinski definition) is 6. The highest BCUT2D eigenvalue weighted by molar-refractivity contribution is 6.21. The quantitative estimate of drug-likeness (QED) is 0.545. The Morgan fingerprint density at radius 3 is 2.57 bits per heavy atom. The summed E-state index contributed by atoms with van der Waals surface area (Å²) in [7, 11) is 0.